The molecule has 1 aliphatic rings. The van der Waals surface area contributed by atoms with Gasteiger partial charge in [-0.25, -0.2) is 30.7 Å². The Balaban J connectivity index is 1.65. The fourth-order valence-corrected chi connectivity index (χ4v) is 4.76. The number of hydrogen-bond donors (Lipinski definition) is 0. The highest BCUT2D eigenvalue weighted by molar-refractivity contribution is 5.67. The molecule has 4 rings (SSSR count). The van der Waals surface area contributed by atoms with E-state index in [0.29, 0.717) is 24.1 Å². The molecule has 0 radical (unpaired) electrons. The van der Waals surface area contributed by atoms with E-state index < -0.39 is 57.8 Å². The smallest absolute Gasteiger partial charge is 0.194 e. The van der Waals surface area contributed by atoms with Gasteiger partial charge in [-0.15, -0.1) is 0 Å². The first kappa shape index (κ1) is 24.3. The number of hydrogen-bond acceptors (Lipinski definition) is 0. The summed E-state index contributed by atoms with van der Waals surface area (Å²) in [5.41, 5.74) is -0.201. The van der Waals surface area contributed by atoms with E-state index in [-0.39, 0.29) is 36.0 Å². The van der Waals surface area contributed by atoms with Crippen LogP contribution >= 0.6 is 0 Å². The summed E-state index contributed by atoms with van der Waals surface area (Å²) in [7, 11) is 0. The van der Waals surface area contributed by atoms with Crippen molar-refractivity contribution in [2.75, 3.05) is 0 Å². The molecule has 0 saturated carbocycles. The van der Waals surface area contributed by atoms with Crippen LogP contribution in [0.1, 0.15) is 60.8 Å². The van der Waals surface area contributed by atoms with Crippen LogP contribution in [-0.2, 0) is 19.3 Å². The number of benzene rings is 3. The normalized spacial score (nSPS) is 15.5. The minimum Gasteiger partial charge on any atom is -0.206 e. The van der Waals surface area contributed by atoms with Crippen LogP contribution in [0.25, 0.3) is 11.1 Å². The number of rotatable bonds is 6. The molecule has 0 aromatic heterocycles. The van der Waals surface area contributed by atoms with E-state index in [1.165, 1.54) is 0 Å². The molecule has 0 fully saturated rings. The summed E-state index contributed by atoms with van der Waals surface area (Å²) in [6.07, 6.45) is 3.54. The maximum Gasteiger partial charge on any atom is 0.194 e. The van der Waals surface area contributed by atoms with Crippen molar-refractivity contribution in [3.05, 3.63) is 93.3 Å². The lowest BCUT2D eigenvalue weighted by atomic mass is 9.78. The van der Waals surface area contributed by atoms with Gasteiger partial charge in [-0.1, -0.05) is 31.9 Å². The Hall–Kier alpha value is -2.83. The lowest BCUT2D eigenvalue weighted by Crippen LogP contribution is -2.17. The zero-order valence-electron chi connectivity index (χ0n) is 18.6. The molecule has 34 heavy (non-hydrogen) atoms. The van der Waals surface area contributed by atoms with Gasteiger partial charge >= 0.3 is 0 Å². The van der Waals surface area contributed by atoms with Crippen molar-refractivity contribution in [1.29, 1.82) is 0 Å². The molecule has 0 bridgehead atoms. The quantitative estimate of drug-likeness (QED) is 0.189. The molecule has 3 aromatic rings. The van der Waals surface area contributed by atoms with Gasteiger partial charge < -0.3 is 0 Å². The number of aryl methyl sites for hydroxylation is 1. The maximum atomic E-state index is 15.2. The SMILES string of the molecule is CCCCCc1ccc(C2CCc3c(cc(F)c(-c4cc(F)c(F)c(F)c4)c3F)C2)c(F)c1F. The predicted molar refractivity (Wildman–Crippen MR) is 116 cm³/mol. The van der Waals surface area contributed by atoms with Gasteiger partial charge in [-0.2, -0.15) is 0 Å². The molecule has 0 spiro atoms. The first-order chi connectivity index (χ1) is 16.2. The molecule has 0 aliphatic heterocycles. The van der Waals surface area contributed by atoms with Crippen molar-refractivity contribution in [3.63, 3.8) is 0 Å². The van der Waals surface area contributed by atoms with Crippen molar-refractivity contribution in [3.8, 4) is 11.1 Å². The summed E-state index contributed by atoms with van der Waals surface area (Å²) in [5, 5.41) is 0. The molecule has 0 N–H and O–H groups in total. The summed E-state index contributed by atoms with van der Waals surface area (Å²) in [6.45, 7) is 2.02. The second-order valence-corrected chi connectivity index (χ2v) is 8.78. The van der Waals surface area contributed by atoms with E-state index in [1.807, 2.05) is 6.92 Å². The number of halogens is 7. The summed E-state index contributed by atoms with van der Waals surface area (Å²) < 4.78 is 100. The van der Waals surface area contributed by atoms with Gasteiger partial charge in [0.15, 0.2) is 29.1 Å². The van der Waals surface area contributed by atoms with Crippen molar-refractivity contribution in [1.82, 2.24) is 0 Å². The predicted octanol–water partition coefficient (Wildman–Crippen LogP) is 8.33. The fraction of sp³-hybridized carbons (Fsp3) is 0.333. The molecule has 0 amide bonds. The van der Waals surface area contributed by atoms with E-state index in [2.05, 4.69) is 0 Å². The zero-order chi connectivity index (χ0) is 24.6. The Morgan fingerprint density at radius 3 is 2.15 bits per heavy atom. The zero-order valence-corrected chi connectivity index (χ0v) is 18.6. The van der Waals surface area contributed by atoms with Crippen LogP contribution in [0, 0.1) is 40.7 Å². The Kier molecular flexibility index (Phi) is 7.01. The van der Waals surface area contributed by atoms with Crippen LogP contribution in [-0.4, -0.2) is 0 Å². The van der Waals surface area contributed by atoms with E-state index in [4.69, 9.17) is 0 Å². The Bertz CT molecular complexity index is 1210. The van der Waals surface area contributed by atoms with Gasteiger partial charge in [0, 0.05) is 0 Å². The highest BCUT2D eigenvalue weighted by Gasteiger charge is 2.29. The van der Waals surface area contributed by atoms with Crippen LogP contribution < -0.4 is 0 Å². The largest absolute Gasteiger partial charge is 0.206 e. The van der Waals surface area contributed by atoms with E-state index in [0.717, 1.165) is 25.3 Å². The highest BCUT2D eigenvalue weighted by Crippen LogP contribution is 2.40. The summed E-state index contributed by atoms with van der Waals surface area (Å²) >= 11 is 0. The minimum atomic E-state index is -1.73. The number of unbranched alkanes of at least 4 members (excludes halogenated alkanes) is 2. The van der Waals surface area contributed by atoms with E-state index in [1.54, 1.807) is 12.1 Å². The van der Waals surface area contributed by atoms with Crippen molar-refractivity contribution < 1.29 is 30.7 Å². The molecule has 0 saturated heterocycles. The molecule has 1 unspecified atom stereocenters. The van der Waals surface area contributed by atoms with Crippen molar-refractivity contribution in [2.24, 2.45) is 0 Å². The molecule has 1 atom stereocenters. The second kappa shape index (κ2) is 9.80. The van der Waals surface area contributed by atoms with E-state index in [9.17, 15) is 26.3 Å². The standard InChI is InChI=1S/C27H23F7/c1-2-3-4-5-14-6-8-18(26(33)24(14)31)15-7-9-19-16(10-15)11-20(28)23(25(19)32)17-12-21(29)27(34)22(30)13-17/h6,8,11-13,15H,2-5,7,9-10H2,1H3. The van der Waals surface area contributed by atoms with Gasteiger partial charge in [0.25, 0.3) is 0 Å². The van der Waals surface area contributed by atoms with Gasteiger partial charge in [0.05, 0.1) is 5.56 Å². The third-order valence-corrected chi connectivity index (χ3v) is 6.58. The van der Waals surface area contributed by atoms with Crippen molar-refractivity contribution >= 4 is 0 Å². The van der Waals surface area contributed by atoms with Crippen molar-refractivity contribution in [2.45, 2.75) is 57.8 Å². The van der Waals surface area contributed by atoms with Gasteiger partial charge in [0.2, 0.25) is 0 Å². The van der Waals surface area contributed by atoms with Crippen LogP contribution in [0.2, 0.25) is 0 Å². The van der Waals surface area contributed by atoms with Crippen LogP contribution in [0.4, 0.5) is 30.7 Å². The Morgan fingerprint density at radius 1 is 0.765 bits per heavy atom. The molecular weight excluding hydrogens is 457 g/mol. The minimum absolute atomic E-state index is 0.0845. The Labute approximate surface area is 193 Å². The third-order valence-electron chi connectivity index (χ3n) is 6.58. The average Bonchev–Trinajstić information content (AvgIpc) is 2.80. The number of fused-ring (bicyclic) bond motifs is 1. The summed E-state index contributed by atoms with van der Waals surface area (Å²) in [6, 6.07) is 5.24. The fourth-order valence-electron chi connectivity index (χ4n) is 4.76. The van der Waals surface area contributed by atoms with Gasteiger partial charge in [-0.3, -0.25) is 0 Å². The summed E-state index contributed by atoms with van der Waals surface area (Å²) in [5.74, 6) is -9.18. The van der Waals surface area contributed by atoms with Crippen LogP contribution in [0.3, 0.4) is 0 Å². The van der Waals surface area contributed by atoms with E-state index >= 15 is 4.39 Å². The second-order valence-electron chi connectivity index (χ2n) is 8.78. The molecule has 180 valence electrons. The summed E-state index contributed by atoms with van der Waals surface area (Å²) in [4.78, 5) is 0. The Morgan fingerprint density at radius 2 is 1.47 bits per heavy atom. The molecule has 3 aromatic carbocycles. The monoisotopic (exact) mass is 480 g/mol. The van der Waals surface area contributed by atoms with Gasteiger partial charge in [-0.05, 0) is 84.0 Å². The maximum absolute atomic E-state index is 15.2. The topological polar surface area (TPSA) is 0 Å². The third kappa shape index (κ3) is 4.44. The van der Waals surface area contributed by atoms with Crippen LogP contribution in [0.15, 0.2) is 30.3 Å². The van der Waals surface area contributed by atoms with Gasteiger partial charge in [0.1, 0.15) is 11.6 Å². The highest BCUT2D eigenvalue weighted by atomic mass is 19.2. The first-order valence-electron chi connectivity index (χ1n) is 11.3. The lowest BCUT2D eigenvalue weighted by molar-refractivity contribution is 0.447. The van der Waals surface area contributed by atoms with Crippen LogP contribution in [0.5, 0.6) is 0 Å². The average molecular weight is 480 g/mol. The molecule has 7 heteroatoms. The molecule has 0 heterocycles. The molecular formula is C27H23F7. The first-order valence-corrected chi connectivity index (χ1v) is 11.3. The molecule has 0 nitrogen and oxygen atoms in total. The lowest BCUT2D eigenvalue weighted by Gasteiger charge is -2.27. The molecule has 1 aliphatic carbocycles.